The molecule has 3 aliphatic rings. The smallest absolute Gasteiger partial charge is 0.416 e. The van der Waals surface area contributed by atoms with E-state index in [9.17, 15) is 41.0 Å². The average Bonchev–Trinajstić information content (AvgIpc) is 3.58. The summed E-state index contributed by atoms with van der Waals surface area (Å²) < 4.78 is 88.2. The monoisotopic (exact) mass is 683 g/mol. The number of ether oxygens (including phenoxy) is 1. The Kier molecular flexibility index (Phi) is 9.02. The first-order valence-electron chi connectivity index (χ1n) is 16.1. The standard InChI is InChI=1S/C38H35F6NO4/c1-4-23-15-29-33(36(48)45(35(29)47)28-17-26(37(39,40)41)16-27(18-28)38(42,43)44)30-19-49-31(32(23)30)11-10-25(24-8-6-5-7-9-24)14-22-12-20(2)34(46)21(3)13-22/h5-9,12-14,16-18,29-31,33,46H,4,10-11,15,19H2,1-3H3/b25-14-/t29-,30+,31-,33-/m1/s1. The number of benzene rings is 3. The first-order chi connectivity index (χ1) is 23.1. The predicted molar refractivity (Wildman–Crippen MR) is 172 cm³/mol. The molecule has 0 radical (unpaired) electrons. The number of amides is 2. The van der Waals surface area contributed by atoms with Crippen molar-refractivity contribution >= 4 is 29.2 Å². The number of anilines is 1. The van der Waals surface area contributed by atoms with Crippen LogP contribution < -0.4 is 4.90 Å². The average molecular weight is 684 g/mol. The van der Waals surface area contributed by atoms with Gasteiger partial charge < -0.3 is 9.84 Å². The van der Waals surface area contributed by atoms with Crippen molar-refractivity contribution in [2.45, 2.75) is 64.9 Å². The van der Waals surface area contributed by atoms with Gasteiger partial charge >= 0.3 is 12.4 Å². The molecule has 49 heavy (non-hydrogen) atoms. The number of halogens is 6. The molecule has 5 nitrogen and oxygen atoms in total. The molecule has 0 bridgehead atoms. The third-order valence-electron chi connectivity index (χ3n) is 9.94. The number of carbonyl (C=O) groups excluding carboxylic acids is 2. The highest BCUT2D eigenvalue weighted by Crippen LogP contribution is 2.52. The Morgan fingerprint density at radius 1 is 0.898 bits per heavy atom. The van der Waals surface area contributed by atoms with Gasteiger partial charge in [-0.2, -0.15) is 26.3 Å². The SMILES string of the molecule is CCC1=C2[C@@H](CC/C(=C/c3cc(C)c(O)c(C)c3)c3ccccc3)OC[C@@H]2[C@@H]2C(=O)N(c3cc(C(F)(F)F)cc(C(F)(F)F)c3)C(=O)[C@@H]2C1. The van der Waals surface area contributed by atoms with Gasteiger partial charge in [0.05, 0.1) is 41.4 Å². The Morgan fingerprint density at radius 3 is 2.08 bits per heavy atom. The van der Waals surface area contributed by atoms with Crippen LogP contribution in [0.4, 0.5) is 32.0 Å². The second-order valence-electron chi connectivity index (χ2n) is 13.0. The lowest BCUT2D eigenvalue weighted by atomic mass is 9.69. The van der Waals surface area contributed by atoms with Crippen molar-refractivity contribution in [1.29, 1.82) is 0 Å². The number of phenolic OH excluding ortho intramolecular Hbond substituents is 1. The molecule has 0 saturated carbocycles. The highest BCUT2D eigenvalue weighted by atomic mass is 19.4. The number of aromatic hydroxyl groups is 1. The van der Waals surface area contributed by atoms with Gasteiger partial charge in [0.25, 0.3) is 0 Å². The van der Waals surface area contributed by atoms with Crippen molar-refractivity contribution in [2.24, 2.45) is 17.8 Å². The molecule has 2 amide bonds. The van der Waals surface area contributed by atoms with Crippen LogP contribution in [0.3, 0.4) is 0 Å². The number of aryl methyl sites for hydroxylation is 2. The topological polar surface area (TPSA) is 66.8 Å². The molecule has 258 valence electrons. The number of alkyl halides is 6. The maximum absolute atomic E-state index is 13.9. The van der Waals surface area contributed by atoms with Crippen LogP contribution in [0.2, 0.25) is 0 Å². The lowest BCUT2D eigenvalue weighted by molar-refractivity contribution is -0.143. The van der Waals surface area contributed by atoms with E-state index in [1.807, 2.05) is 63.2 Å². The molecule has 0 aromatic heterocycles. The molecule has 0 unspecified atom stereocenters. The van der Waals surface area contributed by atoms with Gasteiger partial charge in [0.1, 0.15) is 5.75 Å². The van der Waals surface area contributed by atoms with Gasteiger partial charge in [0.2, 0.25) is 11.8 Å². The number of imide groups is 1. The van der Waals surface area contributed by atoms with Crippen LogP contribution in [0.15, 0.2) is 71.8 Å². The fourth-order valence-corrected chi connectivity index (χ4v) is 7.65. The van der Waals surface area contributed by atoms with Crippen molar-refractivity contribution in [3.05, 3.63) is 105 Å². The van der Waals surface area contributed by atoms with Crippen LogP contribution in [-0.2, 0) is 26.7 Å². The largest absolute Gasteiger partial charge is 0.507 e. The van der Waals surface area contributed by atoms with Gasteiger partial charge in [0.15, 0.2) is 0 Å². The third-order valence-corrected chi connectivity index (χ3v) is 9.94. The van der Waals surface area contributed by atoms with E-state index in [2.05, 4.69) is 6.08 Å². The highest BCUT2D eigenvalue weighted by Gasteiger charge is 2.57. The van der Waals surface area contributed by atoms with E-state index in [-0.39, 0.29) is 24.8 Å². The lowest BCUT2D eigenvalue weighted by Gasteiger charge is -2.31. The summed E-state index contributed by atoms with van der Waals surface area (Å²) in [5, 5.41) is 10.3. The van der Waals surface area contributed by atoms with Crippen LogP contribution in [0, 0.1) is 31.6 Å². The summed E-state index contributed by atoms with van der Waals surface area (Å²) in [4.78, 5) is 28.1. The van der Waals surface area contributed by atoms with E-state index < -0.39 is 64.8 Å². The van der Waals surface area contributed by atoms with Crippen LogP contribution in [0.1, 0.15) is 66.0 Å². The second kappa shape index (κ2) is 12.8. The van der Waals surface area contributed by atoms with Crippen LogP contribution in [-0.4, -0.2) is 29.6 Å². The number of carbonyl (C=O) groups is 2. The summed E-state index contributed by atoms with van der Waals surface area (Å²) in [6, 6.07) is 14.5. The molecule has 2 fully saturated rings. The minimum absolute atomic E-state index is 0.0199. The van der Waals surface area contributed by atoms with Gasteiger partial charge in [-0.05, 0) is 103 Å². The van der Waals surface area contributed by atoms with Gasteiger partial charge in [0, 0.05) is 5.92 Å². The fourth-order valence-electron chi connectivity index (χ4n) is 7.65. The predicted octanol–water partition coefficient (Wildman–Crippen LogP) is 9.30. The number of hydrogen-bond donors (Lipinski definition) is 1. The van der Waals surface area contributed by atoms with Gasteiger partial charge in [-0.1, -0.05) is 48.9 Å². The number of rotatable bonds is 7. The zero-order valence-corrected chi connectivity index (χ0v) is 27.1. The minimum atomic E-state index is -5.13. The molecule has 2 saturated heterocycles. The molecule has 2 aliphatic heterocycles. The molecule has 3 aromatic rings. The van der Waals surface area contributed by atoms with Crippen molar-refractivity contribution in [1.82, 2.24) is 0 Å². The van der Waals surface area contributed by atoms with Crippen LogP contribution >= 0.6 is 0 Å². The lowest BCUT2D eigenvalue weighted by Crippen LogP contribution is -2.34. The summed E-state index contributed by atoms with van der Waals surface area (Å²) in [5.74, 6) is -3.77. The van der Waals surface area contributed by atoms with E-state index >= 15 is 0 Å². The highest BCUT2D eigenvalue weighted by molar-refractivity contribution is 6.22. The molecule has 3 aromatic carbocycles. The quantitative estimate of drug-likeness (QED) is 0.117. The first kappa shape index (κ1) is 34.5. The molecule has 4 atom stereocenters. The molecule has 6 rings (SSSR count). The van der Waals surface area contributed by atoms with E-state index in [1.54, 1.807) is 0 Å². The molecule has 11 heteroatoms. The maximum atomic E-state index is 13.9. The number of fused-ring (bicyclic) bond motifs is 3. The van der Waals surface area contributed by atoms with Crippen LogP contribution in [0.25, 0.3) is 11.6 Å². The molecule has 2 heterocycles. The summed E-state index contributed by atoms with van der Waals surface area (Å²) in [5.41, 5.74) is 2.34. The zero-order valence-electron chi connectivity index (χ0n) is 27.1. The normalized spacial score (nSPS) is 23.0. The van der Waals surface area contributed by atoms with E-state index in [0.29, 0.717) is 36.3 Å². The summed E-state index contributed by atoms with van der Waals surface area (Å²) in [6.45, 7) is 5.69. The summed E-state index contributed by atoms with van der Waals surface area (Å²) in [6.07, 6.45) is -6.74. The van der Waals surface area contributed by atoms with Crippen molar-refractivity contribution in [2.75, 3.05) is 11.5 Å². The summed E-state index contributed by atoms with van der Waals surface area (Å²) in [7, 11) is 0. The maximum Gasteiger partial charge on any atom is 0.416 e. The first-order valence-corrected chi connectivity index (χ1v) is 16.1. The summed E-state index contributed by atoms with van der Waals surface area (Å²) >= 11 is 0. The second-order valence-corrected chi connectivity index (χ2v) is 13.0. The van der Waals surface area contributed by atoms with Crippen LogP contribution in [0.5, 0.6) is 5.75 Å². The third kappa shape index (κ3) is 6.52. The molecule has 1 aliphatic carbocycles. The van der Waals surface area contributed by atoms with Gasteiger partial charge in [-0.15, -0.1) is 0 Å². The molecular weight excluding hydrogens is 648 g/mol. The Bertz CT molecular complexity index is 1800. The Labute approximate surface area is 279 Å². The molecule has 1 N–H and O–H groups in total. The Hall–Kier alpha value is -4.38. The Morgan fingerprint density at radius 2 is 1.51 bits per heavy atom. The number of allylic oxidation sites excluding steroid dienone is 2. The van der Waals surface area contributed by atoms with Gasteiger partial charge in [-0.25, -0.2) is 4.90 Å². The van der Waals surface area contributed by atoms with E-state index in [1.165, 1.54) is 0 Å². The molecular formula is C38H35F6NO4. The fraction of sp³-hybridized carbons (Fsp3) is 0.368. The molecule has 0 spiro atoms. The zero-order chi connectivity index (χ0) is 35.4. The number of hydrogen-bond acceptors (Lipinski definition) is 4. The number of phenols is 1. The van der Waals surface area contributed by atoms with Crippen molar-refractivity contribution < 1.29 is 45.8 Å². The van der Waals surface area contributed by atoms with E-state index in [4.69, 9.17) is 4.74 Å². The number of nitrogens with zero attached hydrogens (tertiary/aromatic N) is 1. The minimum Gasteiger partial charge on any atom is -0.507 e. The van der Waals surface area contributed by atoms with Crippen molar-refractivity contribution in [3.63, 3.8) is 0 Å². The Balaban J connectivity index is 1.30. The van der Waals surface area contributed by atoms with Gasteiger partial charge in [-0.3, -0.25) is 9.59 Å². The van der Waals surface area contributed by atoms with Crippen molar-refractivity contribution in [3.8, 4) is 5.75 Å². The van der Waals surface area contributed by atoms with E-state index in [0.717, 1.165) is 39.0 Å².